The molecule has 1 aliphatic heterocycles. The fourth-order valence-electron chi connectivity index (χ4n) is 6.19. The average Bonchev–Trinajstić information content (AvgIpc) is 2.99. The van der Waals surface area contributed by atoms with Crippen LogP contribution in [0.25, 0.3) is 0 Å². The number of hydrogen-bond acceptors (Lipinski definition) is 6. The lowest BCUT2D eigenvalue weighted by molar-refractivity contribution is -0.132. The number of rotatable bonds is 5. The molecule has 150 valence electrons. The van der Waals surface area contributed by atoms with Gasteiger partial charge in [0.2, 0.25) is 5.91 Å². The minimum absolute atomic E-state index is 0.354. The van der Waals surface area contributed by atoms with Gasteiger partial charge in [-0.15, -0.1) is 0 Å². The van der Waals surface area contributed by atoms with Gasteiger partial charge in [-0.1, -0.05) is 0 Å². The number of fused-ring (bicyclic) bond motifs is 5. The SMILES string of the molecule is Cc1nsc(N2CCN(CCN(C)C(=O)C3[C@@H]4[C@H]5CC[C@H](C5)[C@H]34)CC2)c1C#N. The van der Waals surface area contributed by atoms with Crippen molar-refractivity contribution in [2.24, 2.45) is 29.6 Å². The van der Waals surface area contributed by atoms with Gasteiger partial charge in [-0.3, -0.25) is 9.69 Å². The van der Waals surface area contributed by atoms with E-state index in [0.717, 1.165) is 79.2 Å². The Balaban J connectivity index is 1.09. The summed E-state index contributed by atoms with van der Waals surface area (Å²) in [4.78, 5) is 19.6. The first-order chi connectivity index (χ1) is 13.6. The third-order valence-corrected chi connectivity index (χ3v) is 8.76. The maximum absolute atomic E-state index is 12.9. The standard InChI is InChI=1S/C21H29N5OS/c1-13-16(12-22)21(28-23-13)26-9-7-25(8-10-26)6-5-24(2)20(27)19-17-14-3-4-15(11-14)18(17)19/h14-15,17-19H,3-11H2,1-2H3/t14-,15+,17+,18-,19?. The third-order valence-electron chi connectivity index (χ3n) is 7.76. The predicted molar refractivity (Wildman–Crippen MR) is 109 cm³/mol. The van der Waals surface area contributed by atoms with Crippen LogP contribution in [-0.4, -0.2) is 66.4 Å². The van der Waals surface area contributed by atoms with Gasteiger partial charge >= 0.3 is 0 Å². The van der Waals surface area contributed by atoms with Crippen molar-refractivity contribution in [1.29, 1.82) is 5.26 Å². The zero-order valence-corrected chi connectivity index (χ0v) is 17.6. The summed E-state index contributed by atoms with van der Waals surface area (Å²) in [6.45, 7) is 7.46. The molecule has 1 amide bonds. The normalized spacial score (nSPS) is 33.6. The fraction of sp³-hybridized carbons (Fsp3) is 0.762. The lowest BCUT2D eigenvalue weighted by Crippen LogP contribution is -2.48. The van der Waals surface area contributed by atoms with Gasteiger partial charge in [0.05, 0.1) is 5.69 Å². The second-order valence-corrected chi connectivity index (χ2v) is 9.91. The number of anilines is 1. The molecule has 2 heterocycles. The van der Waals surface area contributed by atoms with Crippen molar-refractivity contribution in [3.8, 4) is 6.07 Å². The Labute approximate surface area is 171 Å². The number of nitriles is 1. The molecule has 0 aromatic carbocycles. The zero-order chi connectivity index (χ0) is 19.4. The summed E-state index contributed by atoms with van der Waals surface area (Å²) in [5, 5.41) is 10.4. The van der Waals surface area contributed by atoms with E-state index in [2.05, 4.69) is 20.2 Å². The van der Waals surface area contributed by atoms with Crippen LogP contribution in [0.15, 0.2) is 0 Å². The number of hydrogen-bond donors (Lipinski definition) is 0. The quantitative estimate of drug-likeness (QED) is 0.760. The zero-order valence-electron chi connectivity index (χ0n) is 16.8. The minimum atomic E-state index is 0.354. The molecule has 1 unspecified atom stereocenters. The molecule has 7 heteroatoms. The molecule has 1 aromatic rings. The first-order valence-corrected chi connectivity index (χ1v) is 11.4. The highest BCUT2D eigenvalue weighted by Gasteiger charge is 2.67. The second-order valence-electron chi connectivity index (χ2n) is 9.16. The van der Waals surface area contributed by atoms with E-state index in [1.54, 1.807) is 0 Å². The summed E-state index contributed by atoms with van der Waals surface area (Å²) in [5.74, 6) is 3.94. The van der Waals surface area contributed by atoms with E-state index in [1.807, 2.05) is 18.9 Å². The number of piperazine rings is 1. The Morgan fingerprint density at radius 2 is 1.93 bits per heavy atom. The molecule has 0 radical (unpaired) electrons. The molecular weight excluding hydrogens is 370 g/mol. The van der Waals surface area contributed by atoms with Crippen molar-refractivity contribution < 1.29 is 4.79 Å². The Kier molecular flexibility index (Phi) is 4.59. The molecule has 0 N–H and O–H groups in total. The van der Waals surface area contributed by atoms with E-state index in [9.17, 15) is 10.1 Å². The first kappa shape index (κ1) is 18.4. The van der Waals surface area contributed by atoms with Crippen molar-refractivity contribution in [3.63, 3.8) is 0 Å². The van der Waals surface area contributed by atoms with Crippen molar-refractivity contribution in [2.75, 3.05) is 51.2 Å². The van der Waals surface area contributed by atoms with Crippen molar-refractivity contribution in [2.45, 2.75) is 26.2 Å². The smallest absolute Gasteiger partial charge is 0.226 e. The second kappa shape index (κ2) is 7.00. The maximum atomic E-state index is 12.9. The fourth-order valence-corrected chi connectivity index (χ4v) is 7.09. The highest BCUT2D eigenvalue weighted by molar-refractivity contribution is 7.10. The number of carbonyl (C=O) groups is 1. The number of amides is 1. The molecule has 4 aliphatic rings. The number of carbonyl (C=O) groups excluding carboxylic acids is 1. The molecular formula is C21H29N5OS. The summed E-state index contributed by atoms with van der Waals surface area (Å²) in [6.07, 6.45) is 4.15. The molecule has 28 heavy (non-hydrogen) atoms. The molecule has 2 bridgehead atoms. The van der Waals surface area contributed by atoms with Crippen LogP contribution in [0.1, 0.15) is 30.5 Å². The van der Waals surface area contributed by atoms with Gasteiger partial charge in [-0.25, -0.2) is 0 Å². The molecule has 3 saturated carbocycles. The lowest BCUT2D eigenvalue weighted by atomic mass is 10.0. The molecule has 5 atom stereocenters. The van der Waals surface area contributed by atoms with Crippen LogP contribution in [0.5, 0.6) is 0 Å². The Bertz CT molecular complexity index is 792. The van der Waals surface area contributed by atoms with E-state index in [4.69, 9.17) is 0 Å². The Morgan fingerprint density at radius 3 is 2.57 bits per heavy atom. The van der Waals surface area contributed by atoms with Gasteiger partial charge in [0.15, 0.2) is 0 Å². The van der Waals surface area contributed by atoms with Crippen LogP contribution in [0, 0.1) is 47.8 Å². The van der Waals surface area contributed by atoms with Crippen LogP contribution in [-0.2, 0) is 4.79 Å². The number of aryl methyl sites for hydroxylation is 1. The summed E-state index contributed by atoms with van der Waals surface area (Å²) < 4.78 is 4.34. The van der Waals surface area contributed by atoms with Crippen molar-refractivity contribution in [3.05, 3.63) is 11.3 Å². The largest absolute Gasteiger partial charge is 0.359 e. The van der Waals surface area contributed by atoms with Gasteiger partial charge in [-0.05, 0) is 61.4 Å². The van der Waals surface area contributed by atoms with Gasteiger partial charge in [0, 0.05) is 52.2 Å². The highest BCUT2D eigenvalue weighted by Crippen LogP contribution is 2.69. The van der Waals surface area contributed by atoms with E-state index in [0.29, 0.717) is 11.8 Å². The topological polar surface area (TPSA) is 63.5 Å². The van der Waals surface area contributed by atoms with Crippen LogP contribution in [0.3, 0.4) is 0 Å². The highest BCUT2D eigenvalue weighted by atomic mass is 32.1. The summed E-state index contributed by atoms with van der Waals surface area (Å²) in [7, 11) is 1.99. The number of likely N-dealkylation sites (N-methyl/N-ethyl adjacent to an activating group) is 1. The minimum Gasteiger partial charge on any atom is -0.359 e. The van der Waals surface area contributed by atoms with Crippen LogP contribution in [0.2, 0.25) is 0 Å². The molecule has 4 fully saturated rings. The summed E-state index contributed by atoms with van der Waals surface area (Å²) >= 11 is 1.44. The Hall–Kier alpha value is -1.65. The number of nitrogens with zero attached hydrogens (tertiary/aromatic N) is 5. The maximum Gasteiger partial charge on any atom is 0.226 e. The summed E-state index contributed by atoms with van der Waals surface area (Å²) in [5.41, 5.74) is 1.57. The molecule has 0 spiro atoms. The molecule has 1 aromatic heterocycles. The van der Waals surface area contributed by atoms with Crippen molar-refractivity contribution in [1.82, 2.24) is 14.2 Å². The van der Waals surface area contributed by atoms with E-state index in [1.165, 1.54) is 30.8 Å². The Morgan fingerprint density at radius 1 is 1.25 bits per heavy atom. The van der Waals surface area contributed by atoms with Crippen LogP contribution >= 0.6 is 11.5 Å². The molecule has 5 rings (SSSR count). The molecule has 6 nitrogen and oxygen atoms in total. The lowest BCUT2D eigenvalue weighted by Gasteiger charge is -2.36. The van der Waals surface area contributed by atoms with Gasteiger partial charge in [-0.2, -0.15) is 9.64 Å². The molecule has 3 aliphatic carbocycles. The van der Waals surface area contributed by atoms with E-state index >= 15 is 0 Å². The van der Waals surface area contributed by atoms with Gasteiger partial charge in [0.25, 0.3) is 0 Å². The van der Waals surface area contributed by atoms with Crippen LogP contribution < -0.4 is 4.90 Å². The van der Waals surface area contributed by atoms with Crippen LogP contribution in [0.4, 0.5) is 5.00 Å². The third kappa shape index (κ3) is 2.93. The van der Waals surface area contributed by atoms with E-state index < -0.39 is 0 Å². The van der Waals surface area contributed by atoms with Crippen molar-refractivity contribution >= 4 is 22.4 Å². The van der Waals surface area contributed by atoms with Gasteiger partial charge < -0.3 is 9.80 Å². The molecule has 1 saturated heterocycles. The monoisotopic (exact) mass is 399 g/mol. The average molecular weight is 400 g/mol. The first-order valence-electron chi connectivity index (χ1n) is 10.7. The van der Waals surface area contributed by atoms with E-state index in [-0.39, 0.29) is 0 Å². The number of aromatic nitrogens is 1. The predicted octanol–water partition coefficient (Wildman–Crippen LogP) is 2.20. The summed E-state index contributed by atoms with van der Waals surface area (Å²) in [6, 6.07) is 2.30. The van der Waals surface area contributed by atoms with Gasteiger partial charge in [0.1, 0.15) is 16.6 Å².